The van der Waals surface area contributed by atoms with Crippen LogP contribution in [0.4, 0.5) is 0 Å². The van der Waals surface area contributed by atoms with Crippen LogP contribution >= 0.6 is 0 Å². The number of aromatic nitrogens is 1. The maximum Gasteiger partial charge on any atom is 0.220 e. The van der Waals surface area contributed by atoms with Crippen molar-refractivity contribution in [2.75, 3.05) is 0 Å². The van der Waals surface area contributed by atoms with Crippen molar-refractivity contribution in [1.82, 2.24) is 0 Å². The predicted molar refractivity (Wildman–Crippen MR) is 132 cm³/mol. The Balaban J connectivity index is 1.75. The first kappa shape index (κ1) is 19.5. The fourth-order valence-corrected chi connectivity index (χ4v) is 6.25. The van der Waals surface area contributed by atoms with Gasteiger partial charge in [-0.3, -0.25) is 0 Å². The third-order valence-electron chi connectivity index (χ3n) is 8.41. The van der Waals surface area contributed by atoms with E-state index in [1.165, 1.54) is 64.6 Å². The fourth-order valence-electron chi connectivity index (χ4n) is 6.25. The van der Waals surface area contributed by atoms with Crippen LogP contribution in [0.1, 0.15) is 81.7 Å². The van der Waals surface area contributed by atoms with Gasteiger partial charge in [-0.1, -0.05) is 45.4 Å². The third-order valence-corrected chi connectivity index (χ3v) is 8.41. The Hall–Kier alpha value is -2.15. The van der Waals surface area contributed by atoms with Crippen LogP contribution < -0.4 is 4.57 Å². The van der Waals surface area contributed by atoms with Crippen molar-refractivity contribution in [2.45, 2.75) is 78.6 Å². The standard InChI is InChI=1S/C30H38N/c1-18-12-25(30(4,5)6)17-27(20(18)3)29-26-11-10-23(16-24(26)13-19(2)31(29)7)28-15-21-8-9-22(28)14-21/h10-13,16-17,21-22,28H,8-9,14-15H2,1-7H3/q+1/i13D. The lowest BCUT2D eigenvalue weighted by atomic mass is 9.81. The lowest BCUT2D eigenvalue weighted by molar-refractivity contribution is -0.665. The van der Waals surface area contributed by atoms with Crippen molar-refractivity contribution >= 4 is 10.8 Å². The molecule has 2 aliphatic carbocycles. The number of benzene rings is 2. The van der Waals surface area contributed by atoms with Crippen LogP contribution in [-0.2, 0) is 12.5 Å². The van der Waals surface area contributed by atoms with E-state index in [0.717, 1.165) is 22.9 Å². The van der Waals surface area contributed by atoms with Crippen molar-refractivity contribution in [3.63, 3.8) is 0 Å². The summed E-state index contributed by atoms with van der Waals surface area (Å²) in [7, 11) is 2.13. The van der Waals surface area contributed by atoms with Gasteiger partial charge in [0, 0.05) is 13.0 Å². The zero-order chi connectivity index (χ0) is 22.9. The summed E-state index contributed by atoms with van der Waals surface area (Å²) in [4.78, 5) is 0. The van der Waals surface area contributed by atoms with Gasteiger partial charge in [0.1, 0.15) is 7.05 Å². The van der Waals surface area contributed by atoms with Gasteiger partial charge in [-0.05, 0) is 96.1 Å². The van der Waals surface area contributed by atoms with Gasteiger partial charge in [0.15, 0.2) is 5.69 Å². The number of aryl methyl sites for hydroxylation is 1. The van der Waals surface area contributed by atoms with E-state index in [2.05, 4.69) is 83.5 Å². The molecule has 2 aromatic carbocycles. The highest BCUT2D eigenvalue weighted by atomic mass is 14.9. The predicted octanol–water partition coefficient (Wildman–Crippen LogP) is 7.46. The highest BCUT2D eigenvalue weighted by Gasteiger charge is 2.40. The van der Waals surface area contributed by atoms with Gasteiger partial charge in [0.25, 0.3) is 0 Å². The van der Waals surface area contributed by atoms with Crippen LogP contribution in [0.2, 0.25) is 0 Å². The molecule has 0 saturated heterocycles. The minimum Gasteiger partial charge on any atom is -0.198 e. The van der Waals surface area contributed by atoms with Gasteiger partial charge in [-0.2, -0.15) is 4.57 Å². The second-order valence-corrected chi connectivity index (χ2v) is 11.4. The molecule has 0 N–H and O–H groups in total. The average Bonchev–Trinajstić information content (AvgIpc) is 3.38. The third kappa shape index (κ3) is 3.41. The van der Waals surface area contributed by atoms with E-state index in [9.17, 15) is 0 Å². The number of hydrogen-bond donors (Lipinski definition) is 0. The number of pyridine rings is 1. The molecule has 1 heteroatoms. The van der Waals surface area contributed by atoms with Crippen LogP contribution in [0.15, 0.2) is 36.4 Å². The maximum atomic E-state index is 8.98. The molecule has 2 bridgehead atoms. The molecule has 1 nitrogen and oxygen atoms in total. The first-order valence-electron chi connectivity index (χ1n) is 12.6. The van der Waals surface area contributed by atoms with E-state index in [1.54, 1.807) is 0 Å². The summed E-state index contributed by atoms with van der Waals surface area (Å²) in [6.07, 6.45) is 5.60. The van der Waals surface area contributed by atoms with E-state index in [-0.39, 0.29) is 5.41 Å². The quantitative estimate of drug-likeness (QED) is 0.384. The van der Waals surface area contributed by atoms with Crippen LogP contribution in [0.3, 0.4) is 0 Å². The molecule has 0 amide bonds. The zero-order valence-corrected chi connectivity index (χ0v) is 20.4. The molecular weight excluding hydrogens is 374 g/mol. The fraction of sp³-hybridized carbons (Fsp3) is 0.500. The molecule has 1 heterocycles. The first-order chi connectivity index (χ1) is 15.1. The van der Waals surface area contributed by atoms with Crippen LogP contribution in [-0.4, -0.2) is 0 Å². The summed E-state index contributed by atoms with van der Waals surface area (Å²) in [5.41, 5.74) is 9.20. The van der Waals surface area contributed by atoms with E-state index in [1.807, 2.05) is 0 Å². The number of rotatable bonds is 2. The van der Waals surface area contributed by atoms with Crippen molar-refractivity contribution < 1.29 is 5.94 Å². The lowest BCUT2D eigenvalue weighted by Crippen LogP contribution is -2.35. The normalized spacial score (nSPS) is 23.6. The molecule has 0 spiro atoms. The van der Waals surface area contributed by atoms with Crippen LogP contribution in [0.25, 0.3) is 22.0 Å². The molecule has 1 aromatic heterocycles. The molecule has 31 heavy (non-hydrogen) atoms. The Kier molecular flexibility index (Phi) is 4.53. The summed E-state index contributed by atoms with van der Waals surface area (Å²) < 4.78 is 11.2. The van der Waals surface area contributed by atoms with Gasteiger partial charge >= 0.3 is 0 Å². The molecule has 2 fully saturated rings. The smallest absolute Gasteiger partial charge is 0.198 e. The second kappa shape index (κ2) is 7.19. The Labute approximate surface area is 189 Å². The Bertz CT molecular complexity index is 1230. The minimum atomic E-state index is 0.0982. The zero-order valence-electron chi connectivity index (χ0n) is 21.4. The van der Waals surface area contributed by atoms with Crippen molar-refractivity contribution in [3.05, 3.63) is 64.3 Å². The van der Waals surface area contributed by atoms with E-state index in [4.69, 9.17) is 1.37 Å². The average molecular weight is 414 g/mol. The van der Waals surface area contributed by atoms with E-state index >= 15 is 0 Å². The monoisotopic (exact) mass is 413 g/mol. The number of nitrogens with zero attached hydrogens (tertiary/aromatic N) is 1. The summed E-state index contributed by atoms with van der Waals surface area (Å²) >= 11 is 0. The number of fused-ring (bicyclic) bond motifs is 3. The van der Waals surface area contributed by atoms with Gasteiger partial charge in [0.2, 0.25) is 5.69 Å². The largest absolute Gasteiger partial charge is 0.220 e. The molecule has 3 unspecified atom stereocenters. The van der Waals surface area contributed by atoms with Crippen molar-refractivity contribution in [1.29, 1.82) is 0 Å². The van der Waals surface area contributed by atoms with Crippen molar-refractivity contribution in [2.24, 2.45) is 18.9 Å². The van der Waals surface area contributed by atoms with E-state index in [0.29, 0.717) is 12.0 Å². The topological polar surface area (TPSA) is 3.88 Å². The van der Waals surface area contributed by atoms with Crippen molar-refractivity contribution in [3.8, 4) is 11.3 Å². The first-order valence-corrected chi connectivity index (χ1v) is 12.1. The molecule has 2 saturated carbocycles. The van der Waals surface area contributed by atoms with E-state index < -0.39 is 0 Å². The molecular formula is C30H38N+. The lowest BCUT2D eigenvalue weighted by Gasteiger charge is -2.23. The van der Waals surface area contributed by atoms with Gasteiger partial charge in [-0.25, -0.2) is 0 Å². The van der Waals surface area contributed by atoms with Gasteiger partial charge in [0.05, 0.1) is 12.3 Å². The summed E-state index contributed by atoms with van der Waals surface area (Å²) in [6.45, 7) is 13.5. The Morgan fingerprint density at radius 2 is 1.77 bits per heavy atom. The maximum absolute atomic E-state index is 8.98. The molecule has 2 aliphatic rings. The summed E-state index contributed by atoms with van der Waals surface area (Å²) in [6, 6.07) is 12.5. The molecule has 0 aliphatic heterocycles. The highest BCUT2D eigenvalue weighted by molar-refractivity contribution is 5.94. The number of hydrogen-bond acceptors (Lipinski definition) is 0. The summed E-state index contributed by atoms with van der Waals surface area (Å²) in [5, 5.41) is 2.33. The van der Waals surface area contributed by atoms with Crippen LogP contribution in [0.5, 0.6) is 0 Å². The second-order valence-electron chi connectivity index (χ2n) is 11.4. The van der Waals surface area contributed by atoms with Gasteiger partial charge < -0.3 is 0 Å². The molecule has 3 aromatic rings. The summed E-state index contributed by atoms with van der Waals surface area (Å²) in [5.74, 6) is 2.50. The molecule has 0 radical (unpaired) electrons. The van der Waals surface area contributed by atoms with Gasteiger partial charge in [-0.15, -0.1) is 0 Å². The SMILES string of the molecule is [2H]c1c(C)[n+](C)c(-c2cc(C(C)(C)C)cc(C)c2C)c2ccc(C3CC4CCC3C4)cc12. The minimum absolute atomic E-state index is 0.0982. The highest BCUT2D eigenvalue weighted by Crippen LogP contribution is 2.53. The molecule has 5 rings (SSSR count). The Morgan fingerprint density at radius 1 is 1.00 bits per heavy atom. The Morgan fingerprint density at radius 3 is 2.42 bits per heavy atom. The molecule has 3 atom stereocenters. The van der Waals surface area contributed by atoms with Crippen LogP contribution in [0, 0.1) is 32.6 Å². The molecule has 162 valence electrons.